The summed E-state index contributed by atoms with van der Waals surface area (Å²) < 4.78 is 22.9. The van der Waals surface area contributed by atoms with Gasteiger partial charge in [-0.25, -0.2) is 9.37 Å². The maximum atomic E-state index is 15.2. The van der Waals surface area contributed by atoms with E-state index in [1.54, 1.807) is 13.2 Å². The van der Waals surface area contributed by atoms with Gasteiger partial charge in [-0.1, -0.05) is 0 Å². The highest BCUT2D eigenvalue weighted by Gasteiger charge is 2.28. The highest BCUT2D eigenvalue weighted by Crippen LogP contribution is 2.44. The van der Waals surface area contributed by atoms with Crippen LogP contribution in [-0.4, -0.2) is 42.8 Å². The van der Waals surface area contributed by atoms with E-state index in [1.807, 2.05) is 18.2 Å². The molecule has 0 unspecified atom stereocenters. The molecule has 1 saturated carbocycles. The monoisotopic (exact) mass is 390 g/mol. The highest BCUT2D eigenvalue weighted by molar-refractivity contribution is 6.07. The first-order valence-electron chi connectivity index (χ1n) is 10.3. The van der Waals surface area contributed by atoms with Gasteiger partial charge < -0.3 is 19.5 Å². The molecule has 0 bridgehead atoms. The molecule has 4 aliphatic rings. The Morgan fingerprint density at radius 3 is 2.69 bits per heavy atom. The summed E-state index contributed by atoms with van der Waals surface area (Å²) in [5.74, 6) is 0.616. The first-order chi connectivity index (χ1) is 14.2. The Morgan fingerprint density at radius 2 is 1.93 bits per heavy atom. The Kier molecular flexibility index (Phi) is 3.71. The maximum Gasteiger partial charge on any atom is 0.147 e. The normalized spacial score (nSPS) is 17.5. The molecule has 148 valence electrons. The van der Waals surface area contributed by atoms with Crippen molar-refractivity contribution < 1.29 is 9.13 Å². The van der Waals surface area contributed by atoms with Gasteiger partial charge in [-0.2, -0.15) is 0 Å². The molecule has 3 aliphatic heterocycles. The number of nitrogens with one attached hydrogen (secondary N) is 1. The van der Waals surface area contributed by atoms with Crippen LogP contribution >= 0.6 is 0 Å². The van der Waals surface area contributed by atoms with Gasteiger partial charge in [0.05, 0.1) is 29.5 Å². The van der Waals surface area contributed by atoms with Crippen molar-refractivity contribution in [2.75, 3.05) is 38.2 Å². The molecule has 0 spiro atoms. The Balaban J connectivity index is 1.63. The molecule has 6 heteroatoms. The Hall–Kier alpha value is -2.86. The van der Waals surface area contributed by atoms with Gasteiger partial charge in [0.1, 0.15) is 11.6 Å². The fourth-order valence-electron chi connectivity index (χ4n) is 4.57. The average Bonchev–Trinajstić information content (AvgIpc) is 3.53. The van der Waals surface area contributed by atoms with Crippen LogP contribution in [0.15, 0.2) is 36.5 Å². The zero-order chi connectivity index (χ0) is 19.5. The number of anilines is 1. The smallest absolute Gasteiger partial charge is 0.147 e. The molecule has 6 rings (SSSR count). The third kappa shape index (κ3) is 2.66. The third-order valence-electron chi connectivity index (χ3n) is 6.25. The van der Waals surface area contributed by atoms with Crippen LogP contribution in [0, 0.1) is 5.82 Å². The van der Waals surface area contributed by atoms with Crippen LogP contribution < -0.4 is 15.0 Å². The zero-order valence-electron chi connectivity index (χ0n) is 16.4. The molecule has 0 amide bonds. The molecule has 2 fully saturated rings. The number of pyridine rings is 1. The first kappa shape index (κ1) is 17.0. The van der Waals surface area contributed by atoms with E-state index in [0.29, 0.717) is 11.7 Å². The third-order valence-corrected chi connectivity index (χ3v) is 6.25. The van der Waals surface area contributed by atoms with Crippen molar-refractivity contribution >= 4 is 27.5 Å². The van der Waals surface area contributed by atoms with Crippen molar-refractivity contribution in [2.45, 2.75) is 18.9 Å². The minimum absolute atomic E-state index is 0.168. The largest absolute Gasteiger partial charge is 0.497 e. The molecule has 0 radical (unpaired) electrons. The lowest BCUT2D eigenvalue weighted by molar-refractivity contribution is 0.415. The fraction of sp³-hybridized carbons (Fsp3) is 0.348. The van der Waals surface area contributed by atoms with Gasteiger partial charge >= 0.3 is 0 Å². The predicted octanol–water partition coefficient (Wildman–Crippen LogP) is 4.19. The van der Waals surface area contributed by atoms with Gasteiger partial charge in [-0.3, -0.25) is 0 Å². The second-order valence-corrected chi connectivity index (χ2v) is 8.08. The van der Waals surface area contributed by atoms with Gasteiger partial charge in [-0.05, 0) is 37.1 Å². The number of ether oxygens (including phenoxy) is 1. The topological polar surface area (TPSA) is 42.3 Å². The quantitative estimate of drug-likeness (QED) is 0.570. The number of hydrogen-bond donors (Lipinski definition) is 1. The molecule has 5 nitrogen and oxygen atoms in total. The molecular formula is C23H23FN4O. The molecule has 2 aromatic carbocycles. The van der Waals surface area contributed by atoms with Crippen LogP contribution in [0.3, 0.4) is 0 Å². The van der Waals surface area contributed by atoms with Gasteiger partial charge in [-0.15, -0.1) is 0 Å². The summed E-state index contributed by atoms with van der Waals surface area (Å²) in [6, 6.07) is 10.2. The number of rotatable bonds is 3. The Bertz CT molecular complexity index is 1210. The molecule has 3 heterocycles. The number of halogens is 1. The van der Waals surface area contributed by atoms with E-state index in [9.17, 15) is 0 Å². The maximum absolute atomic E-state index is 15.2. The number of fused-ring (bicyclic) bond motifs is 5. The van der Waals surface area contributed by atoms with E-state index >= 15 is 4.39 Å². The summed E-state index contributed by atoms with van der Waals surface area (Å²) in [6.07, 6.45) is 4.56. The number of aromatic nitrogens is 2. The minimum Gasteiger partial charge on any atom is -0.497 e. The summed E-state index contributed by atoms with van der Waals surface area (Å²) in [7, 11) is 1.66. The second kappa shape index (κ2) is 6.32. The SMILES string of the molecule is COc1ccc2c3cn(C4CC4)c4cc(N5CCNCC5)c(F)cc4c-3nc2c1. The van der Waals surface area contributed by atoms with Crippen molar-refractivity contribution in [1.82, 2.24) is 14.9 Å². The number of hydrogen-bond acceptors (Lipinski definition) is 4. The summed E-state index contributed by atoms with van der Waals surface area (Å²) in [4.78, 5) is 7.02. The summed E-state index contributed by atoms with van der Waals surface area (Å²) in [6.45, 7) is 3.42. The van der Waals surface area contributed by atoms with Crippen LogP contribution in [0.2, 0.25) is 0 Å². The Morgan fingerprint density at radius 1 is 1.10 bits per heavy atom. The summed E-state index contributed by atoms with van der Waals surface area (Å²) in [5.41, 5.74) is 4.61. The predicted molar refractivity (Wildman–Crippen MR) is 114 cm³/mol. The van der Waals surface area contributed by atoms with Crippen LogP contribution in [-0.2, 0) is 0 Å². The van der Waals surface area contributed by atoms with Gasteiger partial charge in [0.15, 0.2) is 0 Å². The molecule has 0 atom stereocenters. The van der Waals surface area contributed by atoms with E-state index in [2.05, 4.69) is 27.0 Å². The summed E-state index contributed by atoms with van der Waals surface area (Å²) in [5, 5.41) is 5.32. The Labute approximate surface area is 168 Å². The van der Waals surface area contributed by atoms with Crippen molar-refractivity contribution in [3.05, 3.63) is 42.3 Å². The lowest BCUT2D eigenvalue weighted by Gasteiger charge is -2.30. The first-order valence-corrected chi connectivity index (χ1v) is 10.3. The lowest BCUT2D eigenvalue weighted by Crippen LogP contribution is -2.43. The molecule has 2 aromatic rings. The van der Waals surface area contributed by atoms with E-state index < -0.39 is 0 Å². The van der Waals surface area contributed by atoms with Crippen LogP contribution in [0.25, 0.3) is 33.1 Å². The van der Waals surface area contributed by atoms with Crippen molar-refractivity contribution in [1.29, 1.82) is 0 Å². The lowest BCUT2D eigenvalue weighted by atomic mass is 10.0. The molecule has 1 aliphatic carbocycles. The van der Waals surface area contributed by atoms with E-state index in [1.165, 1.54) is 12.8 Å². The van der Waals surface area contributed by atoms with E-state index in [0.717, 1.165) is 65.0 Å². The second-order valence-electron chi connectivity index (χ2n) is 8.08. The van der Waals surface area contributed by atoms with Crippen molar-refractivity contribution in [3.8, 4) is 17.0 Å². The van der Waals surface area contributed by atoms with Crippen LogP contribution in [0.4, 0.5) is 10.1 Å². The van der Waals surface area contributed by atoms with Gasteiger partial charge in [0.25, 0.3) is 0 Å². The summed E-state index contributed by atoms with van der Waals surface area (Å²) >= 11 is 0. The molecule has 1 saturated heterocycles. The molecule has 1 N–H and O–H groups in total. The number of methoxy groups -OCH3 is 1. The van der Waals surface area contributed by atoms with Crippen LogP contribution in [0.5, 0.6) is 5.75 Å². The van der Waals surface area contributed by atoms with E-state index in [4.69, 9.17) is 9.72 Å². The molecular weight excluding hydrogens is 367 g/mol. The standard InChI is InChI=1S/C23H23FN4O/c1-29-15-4-5-16-18-13-28(14-2-3-14)21-12-22(27-8-6-25-7-9-27)19(24)11-17(21)23(18)26-20(16)10-15/h4-5,10-14,25H,2-3,6-9H2,1H3. The molecule has 29 heavy (non-hydrogen) atoms. The number of benzene rings is 2. The highest BCUT2D eigenvalue weighted by atomic mass is 19.1. The zero-order valence-corrected chi connectivity index (χ0v) is 16.4. The average molecular weight is 390 g/mol. The number of piperazine rings is 1. The van der Waals surface area contributed by atoms with Crippen molar-refractivity contribution in [2.24, 2.45) is 0 Å². The van der Waals surface area contributed by atoms with Crippen LogP contribution in [0.1, 0.15) is 18.9 Å². The van der Waals surface area contributed by atoms with E-state index in [-0.39, 0.29) is 5.82 Å². The van der Waals surface area contributed by atoms with Gasteiger partial charge in [0.2, 0.25) is 0 Å². The number of nitrogens with zero attached hydrogens (tertiary/aromatic N) is 3. The van der Waals surface area contributed by atoms with Gasteiger partial charge in [0, 0.05) is 60.8 Å². The molecule has 0 aromatic heterocycles. The fourth-order valence-corrected chi connectivity index (χ4v) is 4.57. The minimum atomic E-state index is -0.168. The van der Waals surface area contributed by atoms with Crippen molar-refractivity contribution in [3.63, 3.8) is 0 Å².